The summed E-state index contributed by atoms with van der Waals surface area (Å²) in [5.74, 6) is 3.27. The molecule has 0 aromatic heterocycles. The number of rotatable bonds is 16. The van der Waals surface area contributed by atoms with Crippen LogP contribution in [0.3, 0.4) is 0 Å². The van der Waals surface area contributed by atoms with Gasteiger partial charge in [-0.25, -0.2) is 0 Å². The number of unbranched alkanes of at least 4 members (excludes halogenated alkanes) is 12. The molecule has 2 heteroatoms. The van der Waals surface area contributed by atoms with E-state index in [0.717, 1.165) is 24.7 Å². The fourth-order valence-electron chi connectivity index (χ4n) is 14.0. The number of hydrogen-bond acceptors (Lipinski definition) is 2. The molecular formula is C46H80O2. The number of fused-ring (bicyclic) bond motifs is 7. The third kappa shape index (κ3) is 7.14. The summed E-state index contributed by atoms with van der Waals surface area (Å²) in [6, 6.07) is 0. The van der Waals surface area contributed by atoms with Crippen molar-refractivity contribution in [1.29, 1.82) is 0 Å². The molecule has 0 heterocycles. The van der Waals surface area contributed by atoms with Crippen LogP contribution in [-0.2, 0) is 9.53 Å². The van der Waals surface area contributed by atoms with Crippen LogP contribution in [0.4, 0.5) is 0 Å². The molecule has 0 radical (unpaired) electrons. The summed E-state index contributed by atoms with van der Waals surface area (Å²) in [4.78, 5) is 13.4. The Morgan fingerprint density at radius 3 is 1.96 bits per heavy atom. The minimum atomic E-state index is 0.0841. The molecule has 0 aromatic carbocycles. The molecule has 276 valence electrons. The highest BCUT2D eigenvalue weighted by Gasteiger charge is 2.70. The summed E-state index contributed by atoms with van der Waals surface area (Å²) in [7, 11) is 0. The van der Waals surface area contributed by atoms with Crippen molar-refractivity contribution < 1.29 is 9.53 Å². The second-order valence-electron chi connectivity index (χ2n) is 20.2. The summed E-state index contributed by atoms with van der Waals surface area (Å²) in [6.45, 7) is 23.0. The van der Waals surface area contributed by atoms with E-state index in [1.165, 1.54) is 128 Å². The molecule has 0 bridgehead atoms. The van der Waals surface area contributed by atoms with Gasteiger partial charge in [0.25, 0.3) is 0 Å². The van der Waals surface area contributed by atoms with Gasteiger partial charge in [0.15, 0.2) is 0 Å². The molecule has 9 atom stereocenters. The standard InChI is InChI=1S/C46H80O2/c1-10-11-12-13-14-15-16-17-18-19-20-21-22-24-40(47)48-37-33-39-44(7,41(37)34(2)3)31-32-45(8)36-25-26-38-42(4,5)28-23-29-43(38,6)35(36)27-30-46(39,45)9/h27,34,36-39,41H,10-26,28-33H2,1-9H3/t36-,37-,38-,39+,41-,43+,44-,45+,46-/m0/s1. The maximum Gasteiger partial charge on any atom is 0.306 e. The summed E-state index contributed by atoms with van der Waals surface area (Å²) in [5, 5.41) is 0. The third-order valence-electron chi connectivity index (χ3n) is 16.7. The van der Waals surface area contributed by atoms with Gasteiger partial charge in [0, 0.05) is 12.3 Å². The van der Waals surface area contributed by atoms with Gasteiger partial charge in [-0.15, -0.1) is 0 Å². The Labute approximate surface area is 299 Å². The van der Waals surface area contributed by atoms with Crippen LogP contribution < -0.4 is 0 Å². The number of carbonyl (C=O) groups is 1. The monoisotopic (exact) mass is 665 g/mol. The van der Waals surface area contributed by atoms with Crippen molar-refractivity contribution in [3.63, 3.8) is 0 Å². The number of ether oxygens (including phenoxy) is 1. The van der Waals surface area contributed by atoms with E-state index in [1.807, 2.05) is 5.57 Å². The maximum atomic E-state index is 13.4. The molecule has 5 rings (SSSR count). The topological polar surface area (TPSA) is 26.3 Å². The molecular weight excluding hydrogens is 585 g/mol. The quantitative estimate of drug-likeness (QED) is 0.0932. The predicted molar refractivity (Wildman–Crippen MR) is 205 cm³/mol. The van der Waals surface area contributed by atoms with Gasteiger partial charge in [0.05, 0.1) is 0 Å². The van der Waals surface area contributed by atoms with Gasteiger partial charge < -0.3 is 4.74 Å². The van der Waals surface area contributed by atoms with Crippen LogP contribution in [0.1, 0.15) is 210 Å². The van der Waals surface area contributed by atoms with E-state index in [4.69, 9.17) is 4.74 Å². The smallest absolute Gasteiger partial charge is 0.306 e. The van der Waals surface area contributed by atoms with E-state index in [9.17, 15) is 4.79 Å². The maximum absolute atomic E-state index is 13.4. The SMILES string of the molecule is CCCCCCCCCCCCCCCC(=O)O[C@H]1C[C@@H]2[C@](C)(CC[C@]3(C)[C@H]4CC[C@H]5C(C)(C)CCC[C@]5(C)C4=CC[C@@]23C)[C@H]1C(C)C. The highest BCUT2D eigenvalue weighted by Crippen LogP contribution is 2.76. The molecule has 0 N–H and O–H groups in total. The zero-order valence-corrected chi connectivity index (χ0v) is 33.6. The Bertz CT molecular complexity index is 1100. The van der Waals surface area contributed by atoms with Crippen molar-refractivity contribution in [3.05, 3.63) is 11.6 Å². The Hall–Kier alpha value is -0.790. The number of carbonyl (C=O) groups excluding carboxylic acids is 1. The first-order valence-corrected chi connectivity index (χ1v) is 21.6. The first-order chi connectivity index (χ1) is 22.7. The van der Waals surface area contributed by atoms with Gasteiger partial charge in [-0.1, -0.05) is 157 Å². The molecule has 4 saturated carbocycles. The van der Waals surface area contributed by atoms with Gasteiger partial charge >= 0.3 is 5.97 Å². The van der Waals surface area contributed by atoms with Gasteiger partial charge in [0.2, 0.25) is 0 Å². The summed E-state index contributed by atoms with van der Waals surface area (Å²) >= 11 is 0. The average molecular weight is 665 g/mol. The second kappa shape index (κ2) is 15.4. The number of allylic oxidation sites excluding steroid dienone is 2. The number of hydrogen-bond donors (Lipinski definition) is 0. The molecule has 0 saturated heterocycles. The third-order valence-corrected chi connectivity index (χ3v) is 16.7. The lowest BCUT2D eigenvalue weighted by atomic mass is 9.36. The molecule has 0 spiro atoms. The first-order valence-electron chi connectivity index (χ1n) is 21.6. The van der Waals surface area contributed by atoms with E-state index in [-0.39, 0.29) is 22.9 Å². The van der Waals surface area contributed by atoms with Crippen LogP contribution in [0.25, 0.3) is 0 Å². The van der Waals surface area contributed by atoms with Crippen molar-refractivity contribution >= 4 is 5.97 Å². The molecule has 0 aromatic rings. The molecule has 4 fully saturated rings. The minimum Gasteiger partial charge on any atom is -0.462 e. The predicted octanol–water partition coefficient (Wildman–Crippen LogP) is 14.1. The normalized spacial score (nSPS) is 40.0. The lowest BCUT2D eigenvalue weighted by Gasteiger charge is -2.69. The van der Waals surface area contributed by atoms with Crippen LogP contribution in [0, 0.1) is 56.7 Å². The van der Waals surface area contributed by atoms with Crippen LogP contribution >= 0.6 is 0 Å². The first kappa shape index (κ1) is 38.4. The molecule has 0 unspecified atom stereocenters. The Kier molecular flexibility index (Phi) is 12.4. The zero-order valence-electron chi connectivity index (χ0n) is 33.6. The lowest BCUT2D eigenvalue weighted by molar-refractivity contribution is -0.159. The Morgan fingerprint density at radius 1 is 0.750 bits per heavy atom. The van der Waals surface area contributed by atoms with E-state index in [0.29, 0.717) is 40.4 Å². The fourth-order valence-corrected chi connectivity index (χ4v) is 14.0. The zero-order chi connectivity index (χ0) is 34.8. The Balaban J connectivity index is 1.16. The van der Waals surface area contributed by atoms with Gasteiger partial charge in [0.1, 0.15) is 6.10 Å². The highest BCUT2D eigenvalue weighted by molar-refractivity contribution is 5.69. The van der Waals surface area contributed by atoms with Crippen molar-refractivity contribution in [2.75, 3.05) is 0 Å². The van der Waals surface area contributed by atoms with Gasteiger partial charge in [-0.3, -0.25) is 4.79 Å². The Morgan fingerprint density at radius 2 is 1.35 bits per heavy atom. The largest absolute Gasteiger partial charge is 0.462 e. The van der Waals surface area contributed by atoms with Crippen LogP contribution in [0.2, 0.25) is 0 Å². The molecule has 0 aliphatic heterocycles. The molecule has 48 heavy (non-hydrogen) atoms. The van der Waals surface area contributed by atoms with Crippen LogP contribution in [-0.4, -0.2) is 12.1 Å². The van der Waals surface area contributed by atoms with Crippen molar-refractivity contribution in [3.8, 4) is 0 Å². The van der Waals surface area contributed by atoms with E-state index in [1.54, 1.807) is 0 Å². The van der Waals surface area contributed by atoms with Crippen LogP contribution in [0.5, 0.6) is 0 Å². The van der Waals surface area contributed by atoms with Crippen molar-refractivity contribution in [1.82, 2.24) is 0 Å². The average Bonchev–Trinajstić information content (AvgIpc) is 3.32. The summed E-state index contributed by atoms with van der Waals surface area (Å²) < 4.78 is 6.57. The highest BCUT2D eigenvalue weighted by atomic mass is 16.5. The molecule has 2 nitrogen and oxygen atoms in total. The van der Waals surface area contributed by atoms with E-state index < -0.39 is 0 Å². The summed E-state index contributed by atoms with van der Waals surface area (Å²) in [6.07, 6.45) is 32.8. The van der Waals surface area contributed by atoms with E-state index in [2.05, 4.69) is 68.4 Å². The van der Waals surface area contributed by atoms with Crippen molar-refractivity contribution in [2.24, 2.45) is 56.7 Å². The lowest BCUT2D eigenvalue weighted by Crippen LogP contribution is -2.61. The van der Waals surface area contributed by atoms with Crippen molar-refractivity contribution in [2.45, 2.75) is 216 Å². The van der Waals surface area contributed by atoms with E-state index >= 15 is 0 Å². The molecule has 0 amide bonds. The minimum absolute atomic E-state index is 0.0841. The summed E-state index contributed by atoms with van der Waals surface area (Å²) in [5.41, 5.74) is 3.58. The molecule has 5 aliphatic rings. The van der Waals surface area contributed by atoms with Crippen LogP contribution in [0.15, 0.2) is 11.6 Å². The number of esters is 1. The van der Waals surface area contributed by atoms with Gasteiger partial charge in [-0.05, 0) is 109 Å². The molecule has 5 aliphatic carbocycles. The second-order valence-corrected chi connectivity index (χ2v) is 20.2. The fraction of sp³-hybridized carbons (Fsp3) is 0.935. The van der Waals surface area contributed by atoms with Gasteiger partial charge in [-0.2, -0.15) is 0 Å².